The van der Waals surface area contributed by atoms with E-state index in [4.69, 9.17) is 20.8 Å². The van der Waals surface area contributed by atoms with Crippen LogP contribution < -0.4 is 10.1 Å². The van der Waals surface area contributed by atoms with Gasteiger partial charge >= 0.3 is 0 Å². The minimum atomic E-state index is -0.266. The van der Waals surface area contributed by atoms with Crippen molar-refractivity contribution in [2.24, 2.45) is 0 Å². The number of benzene rings is 2. The number of hydrogen-bond acceptors (Lipinski definition) is 5. The number of methoxy groups -OCH3 is 1. The molecule has 1 unspecified atom stereocenters. The first-order valence-corrected chi connectivity index (χ1v) is 9.19. The van der Waals surface area contributed by atoms with Crippen molar-refractivity contribution >= 4 is 11.6 Å². The van der Waals surface area contributed by atoms with E-state index in [-0.39, 0.29) is 6.04 Å². The summed E-state index contributed by atoms with van der Waals surface area (Å²) in [5.74, 6) is 1.74. The smallest absolute Gasteiger partial charge is 0.247 e. The molecular weight excluding hydrogens is 376 g/mol. The number of halogens is 1. The normalized spacial score (nSPS) is 12.1. The second kappa shape index (κ2) is 8.29. The van der Waals surface area contributed by atoms with Crippen LogP contribution in [0, 0.1) is 0 Å². The number of H-pyrrole nitrogens is 1. The number of nitrogens with one attached hydrogen (secondary N) is 2. The Kier molecular flexibility index (Phi) is 5.41. The highest BCUT2D eigenvalue weighted by atomic mass is 35.5. The van der Waals surface area contributed by atoms with Gasteiger partial charge in [0.15, 0.2) is 0 Å². The molecule has 0 aliphatic heterocycles. The molecule has 0 bridgehead atoms. The van der Waals surface area contributed by atoms with Gasteiger partial charge in [-0.15, -0.1) is 10.2 Å². The van der Waals surface area contributed by atoms with E-state index < -0.39 is 0 Å². The fraction of sp³-hybridized carbons (Fsp3) is 0.143. The predicted molar refractivity (Wildman–Crippen MR) is 107 cm³/mol. The van der Waals surface area contributed by atoms with Crippen LogP contribution in [0.3, 0.4) is 0 Å². The Labute approximate surface area is 167 Å². The Morgan fingerprint density at radius 2 is 1.96 bits per heavy atom. The van der Waals surface area contributed by atoms with Crippen LogP contribution >= 0.6 is 11.6 Å². The van der Waals surface area contributed by atoms with Gasteiger partial charge in [0, 0.05) is 29.0 Å². The van der Waals surface area contributed by atoms with Crippen LogP contribution in [0.1, 0.15) is 23.2 Å². The highest BCUT2D eigenvalue weighted by Crippen LogP contribution is 2.26. The number of rotatable bonds is 7. The van der Waals surface area contributed by atoms with Gasteiger partial charge < -0.3 is 14.1 Å². The molecule has 142 valence electrons. The lowest BCUT2D eigenvalue weighted by Gasteiger charge is -2.14. The van der Waals surface area contributed by atoms with Gasteiger partial charge in [-0.05, 0) is 48.0 Å². The highest BCUT2D eigenvalue weighted by molar-refractivity contribution is 6.30. The Morgan fingerprint density at radius 1 is 1.11 bits per heavy atom. The second-order valence-corrected chi connectivity index (χ2v) is 6.68. The van der Waals surface area contributed by atoms with Crippen LogP contribution in [0.2, 0.25) is 5.02 Å². The summed E-state index contributed by atoms with van der Waals surface area (Å²) in [4.78, 5) is 3.22. The van der Waals surface area contributed by atoms with E-state index in [1.54, 1.807) is 19.2 Å². The summed E-state index contributed by atoms with van der Waals surface area (Å²) < 4.78 is 11.2. The minimum Gasteiger partial charge on any atom is -0.497 e. The first kappa shape index (κ1) is 18.3. The van der Waals surface area contributed by atoms with Crippen molar-refractivity contribution in [3.8, 4) is 17.2 Å². The van der Waals surface area contributed by atoms with E-state index in [0.29, 0.717) is 23.3 Å². The van der Waals surface area contributed by atoms with Crippen molar-refractivity contribution in [3.63, 3.8) is 0 Å². The maximum absolute atomic E-state index is 6.07. The van der Waals surface area contributed by atoms with Crippen LogP contribution in [0.25, 0.3) is 11.5 Å². The maximum Gasteiger partial charge on any atom is 0.247 e. The van der Waals surface area contributed by atoms with Crippen LogP contribution in [0.15, 0.2) is 71.3 Å². The summed E-state index contributed by atoms with van der Waals surface area (Å²) in [6.45, 7) is 0.628. The van der Waals surface area contributed by atoms with Gasteiger partial charge in [-0.3, -0.25) is 5.32 Å². The zero-order valence-electron chi connectivity index (χ0n) is 15.2. The molecule has 2 heterocycles. The molecule has 0 saturated heterocycles. The topological polar surface area (TPSA) is 76.0 Å². The molecule has 1 atom stereocenters. The summed E-state index contributed by atoms with van der Waals surface area (Å²) in [5, 5.41) is 12.5. The minimum absolute atomic E-state index is 0.266. The van der Waals surface area contributed by atoms with Gasteiger partial charge in [-0.25, -0.2) is 0 Å². The van der Waals surface area contributed by atoms with E-state index >= 15 is 0 Å². The van der Waals surface area contributed by atoms with Crippen LogP contribution in [0.5, 0.6) is 5.75 Å². The van der Waals surface area contributed by atoms with E-state index in [0.717, 1.165) is 22.6 Å². The fourth-order valence-electron chi connectivity index (χ4n) is 2.91. The summed E-state index contributed by atoms with van der Waals surface area (Å²) in [6, 6.07) is 18.9. The summed E-state index contributed by atoms with van der Waals surface area (Å²) in [5.41, 5.74) is 2.84. The van der Waals surface area contributed by atoms with Gasteiger partial charge in [0.1, 0.15) is 11.8 Å². The highest BCUT2D eigenvalue weighted by Gasteiger charge is 2.22. The van der Waals surface area contributed by atoms with Crippen molar-refractivity contribution < 1.29 is 9.15 Å². The SMILES string of the molecule is COc1ccc(CNC(c2ccc[nH]2)c2nnc(-c3cccc(Cl)c3)o2)cc1. The molecule has 28 heavy (non-hydrogen) atoms. The Balaban J connectivity index is 1.56. The van der Waals surface area contributed by atoms with E-state index in [9.17, 15) is 0 Å². The summed E-state index contributed by atoms with van der Waals surface area (Å²) >= 11 is 6.07. The zero-order chi connectivity index (χ0) is 19.3. The third-order valence-electron chi connectivity index (χ3n) is 4.36. The molecule has 0 spiro atoms. The molecule has 0 aliphatic rings. The molecular formula is C21H19ClN4O2. The molecule has 7 heteroatoms. The molecule has 2 aromatic heterocycles. The number of aromatic nitrogens is 3. The van der Waals surface area contributed by atoms with Crippen molar-refractivity contribution in [1.29, 1.82) is 0 Å². The first-order chi connectivity index (χ1) is 13.7. The first-order valence-electron chi connectivity index (χ1n) is 8.82. The Hall–Kier alpha value is -3.09. The van der Waals surface area contributed by atoms with Crippen molar-refractivity contribution in [1.82, 2.24) is 20.5 Å². The lowest BCUT2D eigenvalue weighted by Crippen LogP contribution is -2.22. The molecule has 0 saturated carbocycles. The van der Waals surface area contributed by atoms with Gasteiger partial charge in [-0.2, -0.15) is 0 Å². The van der Waals surface area contributed by atoms with E-state index in [1.807, 2.05) is 54.7 Å². The standard InChI is InChI=1S/C21H19ClN4O2/c1-27-17-9-7-14(8-10-17)13-24-19(18-6-3-11-23-18)21-26-25-20(28-21)15-4-2-5-16(22)12-15/h2-12,19,23-24H,13H2,1H3. The van der Waals surface area contributed by atoms with Crippen LogP contribution in [-0.2, 0) is 6.54 Å². The quantitative estimate of drug-likeness (QED) is 0.479. The van der Waals surface area contributed by atoms with Crippen molar-refractivity contribution in [2.75, 3.05) is 7.11 Å². The van der Waals surface area contributed by atoms with Gasteiger partial charge in [0.25, 0.3) is 0 Å². The third kappa shape index (κ3) is 4.08. The maximum atomic E-state index is 6.07. The molecule has 0 aliphatic carbocycles. The molecule has 0 amide bonds. The Morgan fingerprint density at radius 3 is 2.68 bits per heavy atom. The van der Waals surface area contributed by atoms with Gasteiger partial charge in [0.05, 0.1) is 7.11 Å². The zero-order valence-corrected chi connectivity index (χ0v) is 16.0. The molecule has 6 nitrogen and oxygen atoms in total. The fourth-order valence-corrected chi connectivity index (χ4v) is 3.10. The van der Waals surface area contributed by atoms with E-state index in [1.165, 1.54) is 0 Å². The Bertz CT molecular complexity index is 1030. The van der Waals surface area contributed by atoms with E-state index in [2.05, 4.69) is 20.5 Å². The van der Waals surface area contributed by atoms with Crippen LogP contribution in [-0.4, -0.2) is 22.3 Å². The largest absolute Gasteiger partial charge is 0.497 e. The molecule has 0 fully saturated rings. The number of aromatic amines is 1. The summed E-state index contributed by atoms with van der Waals surface area (Å²) in [7, 11) is 1.65. The average molecular weight is 395 g/mol. The lowest BCUT2D eigenvalue weighted by atomic mass is 10.1. The number of hydrogen-bond donors (Lipinski definition) is 2. The third-order valence-corrected chi connectivity index (χ3v) is 4.60. The lowest BCUT2D eigenvalue weighted by molar-refractivity contribution is 0.414. The summed E-state index contributed by atoms with van der Waals surface area (Å²) in [6.07, 6.45) is 1.87. The average Bonchev–Trinajstić information content (AvgIpc) is 3.42. The number of nitrogens with zero attached hydrogens (tertiary/aromatic N) is 2. The monoisotopic (exact) mass is 394 g/mol. The molecule has 2 aromatic carbocycles. The van der Waals surface area contributed by atoms with Crippen molar-refractivity contribution in [2.45, 2.75) is 12.6 Å². The molecule has 4 aromatic rings. The van der Waals surface area contributed by atoms with Crippen LogP contribution in [0.4, 0.5) is 0 Å². The molecule has 0 radical (unpaired) electrons. The van der Waals surface area contributed by atoms with Gasteiger partial charge in [-0.1, -0.05) is 29.8 Å². The number of ether oxygens (including phenoxy) is 1. The van der Waals surface area contributed by atoms with Crippen molar-refractivity contribution in [3.05, 3.63) is 89.0 Å². The van der Waals surface area contributed by atoms with Gasteiger partial charge in [0.2, 0.25) is 11.8 Å². The predicted octanol–water partition coefficient (Wildman–Crippen LogP) is 4.61. The molecule has 4 rings (SSSR count). The second-order valence-electron chi connectivity index (χ2n) is 6.24. The molecule has 2 N–H and O–H groups in total.